The Hall–Kier alpha value is -0.910. The lowest BCUT2D eigenvalue weighted by molar-refractivity contribution is 0.102. The fourth-order valence-corrected chi connectivity index (χ4v) is 2.78. The zero-order chi connectivity index (χ0) is 12.4. The van der Waals surface area contributed by atoms with Gasteiger partial charge in [-0.2, -0.15) is 11.3 Å². The molecule has 17 heavy (non-hydrogen) atoms. The van der Waals surface area contributed by atoms with Gasteiger partial charge in [-0.1, -0.05) is 11.6 Å². The van der Waals surface area contributed by atoms with Crippen molar-refractivity contribution in [2.75, 3.05) is 5.32 Å². The first-order valence-electron chi connectivity index (χ1n) is 4.56. The molecule has 0 radical (unpaired) electrons. The summed E-state index contributed by atoms with van der Waals surface area (Å²) in [4.78, 5) is 11.8. The molecule has 2 nitrogen and oxygen atoms in total. The van der Waals surface area contributed by atoms with Crippen LogP contribution in [0.3, 0.4) is 0 Å². The highest BCUT2D eigenvalue weighted by molar-refractivity contribution is 9.10. The predicted molar refractivity (Wildman–Crippen MR) is 71.4 cm³/mol. The van der Waals surface area contributed by atoms with Gasteiger partial charge in [-0.05, 0) is 39.5 Å². The molecule has 1 heterocycles. The molecule has 0 aliphatic carbocycles. The number of nitrogens with one attached hydrogen (secondary N) is 1. The number of anilines is 1. The molecule has 0 unspecified atom stereocenters. The number of amides is 1. The smallest absolute Gasteiger partial charge is 0.256 e. The number of thiophene rings is 1. The van der Waals surface area contributed by atoms with Crippen LogP contribution in [0.1, 0.15) is 10.4 Å². The number of rotatable bonds is 2. The van der Waals surface area contributed by atoms with Crippen LogP contribution in [0.25, 0.3) is 0 Å². The Labute approximate surface area is 115 Å². The highest BCUT2D eigenvalue weighted by Crippen LogP contribution is 2.32. The Kier molecular flexibility index (Phi) is 3.81. The zero-order valence-electron chi connectivity index (χ0n) is 8.34. The van der Waals surface area contributed by atoms with Crippen molar-refractivity contribution in [2.45, 2.75) is 0 Å². The monoisotopic (exact) mass is 333 g/mol. The van der Waals surface area contributed by atoms with Crippen LogP contribution in [0.4, 0.5) is 10.1 Å². The van der Waals surface area contributed by atoms with Crippen molar-refractivity contribution >= 4 is 50.5 Å². The van der Waals surface area contributed by atoms with E-state index in [1.165, 1.54) is 17.4 Å². The van der Waals surface area contributed by atoms with Gasteiger partial charge in [0, 0.05) is 9.85 Å². The summed E-state index contributed by atoms with van der Waals surface area (Å²) in [7, 11) is 0. The van der Waals surface area contributed by atoms with Crippen LogP contribution in [-0.2, 0) is 0 Å². The van der Waals surface area contributed by atoms with E-state index in [2.05, 4.69) is 21.2 Å². The van der Waals surface area contributed by atoms with Gasteiger partial charge in [0.05, 0.1) is 16.3 Å². The second-order valence-corrected chi connectivity index (χ2v) is 5.25. The van der Waals surface area contributed by atoms with Gasteiger partial charge >= 0.3 is 0 Å². The summed E-state index contributed by atoms with van der Waals surface area (Å²) in [5.41, 5.74) is 0.909. The van der Waals surface area contributed by atoms with E-state index in [0.29, 0.717) is 15.7 Å². The summed E-state index contributed by atoms with van der Waals surface area (Å²) in [6.07, 6.45) is 0. The number of carbonyl (C=O) groups excluding carboxylic acids is 1. The molecular formula is C11H6BrClFNOS. The molecule has 2 aromatic rings. The van der Waals surface area contributed by atoms with Crippen molar-refractivity contribution in [3.05, 3.63) is 49.8 Å². The molecule has 88 valence electrons. The van der Waals surface area contributed by atoms with Crippen molar-refractivity contribution in [2.24, 2.45) is 0 Å². The maximum absolute atomic E-state index is 13.0. The van der Waals surface area contributed by atoms with E-state index in [1.54, 1.807) is 16.8 Å². The molecule has 0 spiro atoms. The van der Waals surface area contributed by atoms with E-state index in [4.69, 9.17) is 11.6 Å². The van der Waals surface area contributed by atoms with E-state index in [9.17, 15) is 9.18 Å². The van der Waals surface area contributed by atoms with Crippen LogP contribution >= 0.6 is 38.9 Å². The van der Waals surface area contributed by atoms with Crippen molar-refractivity contribution in [3.8, 4) is 0 Å². The van der Waals surface area contributed by atoms with Crippen molar-refractivity contribution in [3.63, 3.8) is 0 Å². The molecular weight excluding hydrogens is 329 g/mol. The van der Waals surface area contributed by atoms with Crippen LogP contribution in [0, 0.1) is 5.82 Å². The van der Waals surface area contributed by atoms with Crippen LogP contribution in [0.15, 0.2) is 33.4 Å². The fraction of sp³-hybridized carbons (Fsp3) is 0. The zero-order valence-corrected chi connectivity index (χ0v) is 11.5. The van der Waals surface area contributed by atoms with Crippen LogP contribution < -0.4 is 5.32 Å². The molecule has 1 amide bonds. The summed E-state index contributed by atoms with van der Waals surface area (Å²) < 4.78 is 13.4. The van der Waals surface area contributed by atoms with E-state index < -0.39 is 5.82 Å². The van der Waals surface area contributed by atoms with Crippen LogP contribution in [0.5, 0.6) is 0 Å². The summed E-state index contributed by atoms with van der Waals surface area (Å²) >= 11 is 10.4. The molecule has 0 atom stereocenters. The lowest BCUT2D eigenvalue weighted by Gasteiger charge is -2.08. The van der Waals surface area contributed by atoms with Gasteiger partial charge in [0.2, 0.25) is 0 Å². The lowest BCUT2D eigenvalue weighted by atomic mass is 10.2. The van der Waals surface area contributed by atoms with Gasteiger partial charge in [-0.3, -0.25) is 4.79 Å². The average Bonchev–Trinajstić information content (AvgIpc) is 2.76. The molecule has 1 N–H and O–H groups in total. The standard InChI is InChI=1S/C11H6BrClFNOS/c12-8-3-7(14)4-9(13)10(8)15-11(16)6-1-2-17-5-6/h1-5H,(H,15,16). The summed E-state index contributed by atoms with van der Waals surface area (Å²) in [5, 5.41) is 6.31. The molecule has 1 aromatic heterocycles. The Morgan fingerprint density at radius 3 is 2.82 bits per heavy atom. The Bertz CT molecular complexity index is 536. The molecule has 0 bridgehead atoms. The number of hydrogen-bond acceptors (Lipinski definition) is 2. The molecule has 1 aromatic carbocycles. The van der Waals surface area contributed by atoms with E-state index >= 15 is 0 Å². The first kappa shape index (κ1) is 12.5. The topological polar surface area (TPSA) is 29.1 Å². The molecule has 0 fully saturated rings. The minimum absolute atomic E-state index is 0.153. The Morgan fingerprint density at radius 1 is 1.47 bits per heavy atom. The average molecular weight is 335 g/mol. The van der Waals surface area contributed by atoms with E-state index in [1.807, 2.05) is 0 Å². The highest BCUT2D eigenvalue weighted by Gasteiger charge is 2.12. The Morgan fingerprint density at radius 2 is 2.24 bits per heavy atom. The molecule has 0 aliphatic rings. The van der Waals surface area contributed by atoms with Gasteiger partial charge in [-0.25, -0.2) is 4.39 Å². The van der Waals surface area contributed by atoms with Crippen molar-refractivity contribution in [1.29, 1.82) is 0 Å². The summed E-state index contributed by atoms with van der Waals surface area (Å²) in [6.45, 7) is 0. The second kappa shape index (κ2) is 5.16. The normalized spacial score (nSPS) is 10.3. The second-order valence-electron chi connectivity index (χ2n) is 3.21. The third kappa shape index (κ3) is 2.86. The number of carbonyl (C=O) groups is 1. The van der Waals surface area contributed by atoms with Gasteiger partial charge in [-0.15, -0.1) is 0 Å². The van der Waals surface area contributed by atoms with E-state index in [0.717, 1.165) is 6.07 Å². The summed E-state index contributed by atoms with van der Waals surface area (Å²) in [6, 6.07) is 4.09. The van der Waals surface area contributed by atoms with E-state index in [-0.39, 0.29) is 10.9 Å². The highest BCUT2D eigenvalue weighted by atomic mass is 79.9. The first-order valence-corrected chi connectivity index (χ1v) is 6.67. The predicted octanol–water partition coefficient (Wildman–Crippen LogP) is 4.56. The van der Waals surface area contributed by atoms with Crippen molar-refractivity contribution in [1.82, 2.24) is 0 Å². The number of halogens is 3. The SMILES string of the molecule is O=C(Nc1c(Cl)cc(F)cc1Br)c1ccsc1. The largest absolute Gasteiger partial charge is 0.320 e. The third-order valence-corrected chi connectivity index (χ3v) is 3.64. The van der Waals surface area contributed by atoms with Crippen LogP contribution in [-0.4, -0.2) is 5.91 Å². The molecule has 0 saturated heterocycles. The molecule has 0 aliphatic heterocycles. The molecule has 2 rings (SSSR count). The maximum Gasteiger partial charge on any atom is 0.256 e. The first-order chi connectivity index (χ1) is 8.08. The van der Waals surface area contributed by atoms with Crippen molar-refractivity contribution < 1.29 is 9.18 Å². The van der Waals surface area contributed by atoms with Gasteiger partial charge in [0.25, 0.3) is 5.91 Å². The maximum atomic E-state index is 13.0. The van der Waals surface area contributed by atoms with Gasteiger partial charge < -0.3 is 5.32 Å². The molecule has 6 heteroatoms. The molecule has 0 saturated carbocycles. The van der Waals surface area contributed by atoms with Gasteiger partial charge in [0.15, 0.2) is 0 Å². The van der Waals surface area contributed by atoms with Gasteiger partial charge in [0.1, 0.15) is 5.82 Å². The number of benzene rings is 1. The summed E-state index contributed by atoms with van der Waals surface area (Å²) in [5.74, 6) is -0.740. The Balaban J connectivity index is 2.28. The number of hydrogen-bond donors (Lipinski definition) is 1. The fourth-order valence-electron chi connectivity index (χ4n) is 1.24. The quantitative estimate of drug-likeness (QED) is 0.857. The minimum atomic E-state index is -0.463. The lowest BCUT2D eigenvalue weighted by Crippen LogP contribution is -2.11. The minimum Gasteiger partial charge on any atom is -0.320 e. The third-order valence-electron chi connectivity index (χ3n) is 2.03. The van der Waals surface area contributed by atoms with Crippen LogP contribution in [0.2, 0.25) is 5.02 Å².